The molecule has 0 saturated carbocycles. The van der Waals surface area contributed by atoms with E-state index in [4.69, 9.17) is 10.7 Å². The van der Waals surface area contributed by atoms with E-state index in [-0.39, 0.29) is 17.6 Å². The molecule has 82 valence electrons. The molecule has 0 aromatic carbocycles. The Balaban J connectivity index is 2.52. The van der Waals surface area contributed by atoms with Gasteiger partial charge in [-0.1, -0.05) is 0 Å². The van der Waals surface area contributed by atoms with Crippen LogP contribution in [0, 0.1) is 5.92 Å². The molecule has 0 radical (unpaired) electrons. The smallest absolute Gasteiger partial charge is 0.232 e. The highest BCUT2D eigenvalue weighted by molar-refractivity contribution is 8.13. The van der Waals surface area contributed by atoms with Crippen molar-refractivity contribution in [2.75, 3.05) is 18.8 Å². The molecule has 1 aliphatic rings. The zero-order chi connectivity index (χ0) is 10.8. The summed E-state index contributed by atoms with van der Waals surface area (Å²) in [5, 5.41) is 0. The van der Waals surface area contributed by atoms with Gasteiger partial charge in [-0.15, -0.1) is 0 Å². The number of amides is 1. The van der Waals surface area contributed by atoms with Gasteiger partial charge in [0.15, 0.2) is 0 Å². The van der Waals surface area contributed by atoms with Gasteiger partial charge in [0.25, 0.3) is 0 Å². The fourth-order valence-corrected chi connectivity index (χ4v) is 3.14. The topological polar surface area (TPSA) is 54.5 Å². The second kappa shape index (κ2) is 4.49. The predicted octanol–water partition coefficient (Wildman–Crippen LogP) is 0.814. The summed E-state index contributed by atoms with van der Waals surface area (Å²) in [5.41, 5.74) is 0. The van der Waals surface area contributed by atoms with Gasteiger partial charge in [0.05, 0.1) is 5.75 Å². The molecule has 1 heterocycles. The van der Waals surface area contributed by atoms with Gasteiger partial charge >= 0.3 is 0 Å². The SMILES string of the molecule is CC(=O)N1CCCC(CS(=O)(=O)Cl)C1. The molecule has 14 heavy (non-hydrogen) atoms. The van der Waals surface area contributed by atoms with Crippen molar-refractivity contribution in [1.29, 1.82) is 0 Å². The van der Waals surface area contributed by atoms with E-state index in [1.165, 1.54) is 6.92 Å². The van der Waals surface area contributed by atoms with Crippen LogP contribution >= 0.6 is 10.7 Å². The van der Waals surface area contributed by atoms with Crippen molar-refractivity contribution in [2.24, 2.45) is 5.92 Å². The summed E-state index contributed by atoms with van der Waals surface area (Å²) in [6.45, 7) is 2.74. The lowest BCUT2D eigenvalue weighted by molar-refractivity contribution is -0.130. The normalized spacial score (nSPS) is 23.6. The van der Waals surface area contributed by atoms with Crippen LogP contribution in [0.25, 0.3) is 0 Å². The molecular formula is C8H14ClNO3S. The molecule has 1 rings (SSSR count). The van der Waals surface area contributed by atoms with Gasteiger partial charge in [-0.25, -0.2) is 8.42 Å². The van der Waals surface area contributed by atoms with Crippen LogP contribution in [0.3, 0.4) is 0 Å². The zero-order valence-corrected chi connectivity index (χ0v) is 9.64. The van der Waals surface area contributed by atoms with Gasteiger partial charge in [-0.2, -0.15) is 0 Å². The number of nitrogens with zero attached hydrogens (tertiary/aromatic N) is 1. The van der Waals surface area contributed by atoms with E-state index in [9.17, 15) is 13.2 Å². The lowest BCUT2D eigenvalue weighted by Gasteiger charge is -2.31. The van der Waals surface area contributed by atoms with Gasteiger partial charge in [-0.05, 0) is 18.8 Å². The fourth-order valence-electron chi connectivity index (χ4n) is 1.77. The molecule has 1 atom stereocenters. The largest absolute Gasteiger partial charge is 0.343 e. The van der Waals surface area contributed by atoms with E-state index < -0.39 is 9.05 Å². The minimum Gasteiger partial charge on any atom is -0.343 e. The molecule has 0 aromatic rings. The van der Waals surface area contributed by atoms with Crippen LogP contribution in [0.1, 0.15) is 19.8 Å². The number of hydrogen-bond acceptors (Lipinski definition) is 3. The standard InChI is InChI=1S/C8H14ClNO3S/c1-7(11)10-4-2-3-8(5-10)6-14(9,12)13/h8H,2-6H2,1H3. The van der Waals surface area contributed by atoms with E-state index in [1.54, 1.807) is 4.90 Å². The summed E-state index contributed by atoms with van der Waals surface area (Å²) < 4.78 is 21.7. The molecule has 1 fully saturated rings. The maximum Gasteiger partial charge on any atom is 0.232 e. The number of carbonyl (C=O) groups excluding carboxylic acids is 1. The molecule has 0 aromatic heterocycles. The highest BCUT2D eigenvalue weighted by atomic mass is 35.7. The van der Waals surface area contributed by atoms with Gasteiger partial charge < -0.3 is 4.90 Å². The van der Waals surface area contributed by atoms with E-state index in [1.807, 2.05) is 0 Å². The van der Waals surface area contributed by atoms with Crippen LogP contribution in [0.15, 0.2) is 0 Å². The van der Waals surface area contributed by atoms with Crippen LogP contribution in [-0.4, -0.2) is 38.1 Å². The van der Waals surface area contributed by atoms with Crippen LogP contribution in [0.2, 0.25) is 0 Å². The average molecular weight is 240 g/mol. The summed E-state index contributed by atoms with van der Waals surface area (Å²) in [4.78, 5) is 12.7. The van der Waals surface area contributed by atoms with Crippen LogP contribution in [-0.2, 0) is 13.8 Å². The van der Waals surface area contributed by atoms with Crippen LogP contribution < -0.4 is 0 Å². The summed E-state index contributed by atoms with van der Waals surface area (Å²) in [6, 6.07) is 0. The summed E-state index contributed by atoms with van der Waals surface area (Å²) in [6.07, 6.45) is 1.69. The highest BCUT2D eigenvalue weighted by Crippen LogP contribution is 2.19. The predicted molar refractivity (Wildman–Crippen MR) is 54.6 cm³/mol. The number of halogens is 1. The lowest BCUT2D eigenvalue weighted by atomic mass is 10.0. The van der Waals surface area contributed by atoms with Gasteiger partial charge in [0.2, 0.25) is 15.0 Å². The third-order valence-electron chi connectivity index (χ3n) is 2.40. The Morgan fingerprint density at radius 3 is 2.71 bits per heavy atom. The maximum atomic E-state index is 11.1. The van der Waals surface area contributed by atoms with Crippen molar-refractivity contribution >= 4 is 25.6 Å². The van der Waals surface area contributed by atoms with E-state index in [0.29, 0.717) is 6.54 Å². The summed E-state index contributed by atoms with van der Waals surface area (Å²) in [5.74, 6) is -0.0324. The molecule has 1 unspecified atom stereocenters. The highest BCUT2D eigenvalue weighted by Gasteiger charge is 2.24. The zero-order valence-electron chi connectivity index (χ0n) is 8.07. The number of hydrogen-bond donors (Lipinski definition) is 0. The van der Waals surface area contributed by atoms with Crippen molar-refractivity contribution in [1.82, 2.24) is 4.90 Å². The lowest BCUT2D eigenvalue weighted by Crippen LogP contribution is -2.40. The second-order valence-corrected chi connectivity index (χ2v) is 6.50. The minimum absolute atomic E-state index is 0.00155. The van der Waals surface area contributed by atoms with Crippen molar-refractivity contribution in [2.45, 2.75) is 19.8 Å². The second-order valence-electron chi connectivity index (χ2n) is 3.68. The Morgan fingerprint density at radius 2 is 2.21 bits per heavy atom. The third-order valence-corrected chi connectivity index (χ3v) is 3.65. The molecular weight excluding hydrogens is 226 g/mol. The Hall–Kier alpha value is -0.290. The first kappa shape index (κ1) is 11.8. The first-order valence-corrected chi connectivity index (χ1v) is 7.04. The molecule has 1 saturated heterocycles. The van der Waals surface area contributed by atoms with Crippen LogP contribution in [0.4, 0.5) is 0 Å². The molecule has 0 N–H and O–H groups in total. The summed E-state index contributed by atoms with van der Waals surface area (Å²) >= 11 is 0. The molecule has 0 bridgehead atoms. The van der Waals surface area contributed by atoms with Crippen LogP contribution in [0.5, 0.6) is 0 Å². The molecule has 6 heteroatoms. The number of piperidine rings is 1. The van der Waals surface area contributed by atoms with E-state index in [2.05, 4.69) is 0 Å². The molecule has 1 amide bonds. The third kappa shape index (κ3) is 3.84. The first-order valence-electron chi connectivity index (χ1n) is 4.56. The van der Waals surface area contributed by atoms with Gasteiger partial charge in [0.1, 0.15) is 0 Å². The molecule has 0 aliphatic carbocycles. The monoisotopic (exact) mass is 239 g/mol. The Kier molecular flexibility index (Phi) is 3.78. The van der Waals surface area contributed by atoms with E-state index in [0.717, 1.165) is 19.4 Å². The molecule has 4 nitrogen and oxygen atoms in total. The number of likely N-dealkylation sites (tertiary alicyclic amines) is 1. The Bertz CT molecular complexity index is 315. The summed E-state index contributed by atoms with van der Waals surface area (Å²) in [7, 11) is 1.72. The Labute approximate surface area is 88.6 Å². The molecule has 1 aliphatic heterocycles. The van der Waals surface area contributed by atoms with Crippen molar-refractivity contribution in [3.05, 3.63) is 0 Å². The molecule has 0 spiro atoms. The maximum absolute atomic E-state index is 11.1. The average Bonchev–Trinajstić information content (AvgIpc) is 2.01. The number of rotatable bonds is 2. The van der Waals surface area contributed by atoms with Gasteiger partial charge in [-0.3, -0.25) is 4.79 Å². The quantitative estimate of drug-likeness (QED) is 0.671. The Morgan fingerprint density at radius 1 is 1.57 bits per heavy atom. The first-order chi connectivity index (χ1) is 6.38. The number of carbonyl (C=O) groups is 1. The minimum atomic E-state index is -3.44. The van der Waals surface area contributed by atoms with Gasteiger partial charge in [0, 0.05) is 30.7 Å². The van der Waals surface area contributed by atoms with Crippen molar-refractivity contribution < 1.29 is 13.2 Å². The van der Waals surface area contributed by atoms with Crippen molar-refractivity contribution in [3.63, 3.8) is 0 Å². The van der Waals surface area contributed by atoms with E-state index >= 15 is 0 Å². The fraction of sp³-hybridized carbons (Fsp3) is 0.875. The van der Waals surface area contributed by atoms with Crippen molar-refractivity contribution in [3.8, 4) is 0 Å².